The fourth-order valence-electron chi connectivity index (χ4n) is 3.46. The van der Waals surface area contributed by atoms with Crippen LogP contribution >= 0.6 is 0 Å². The lowest BCUT2D eigenvalue weighted by Gasteiger charge is -2.56. The first kappa shape index (κ1) is 13.6. The maximum Gasteiger partial charge on any atom is 0.146 e. The number of anilines is 1. The van der Waals surface area contributed by atoms with Crippen molar-refractivity contribution in [3.05, 3.63) is 47.9 Å². The van der Waals surface area contributed by atoms with Crippen LogP contribution in [0.15, 0.2) is 30.6 Å². The minimum absolute atomic E-state index is 0.212. The summed E-state index contributed by atoms with van der Waals surface area (Å²) >= 11 is 0. The highest BCUT2D eigenvalue weighted by Gasteiger charge is 2.45. The zero-order valence-corrected chi connectivity index (χ0v) is 12.5. The zero-order valence-electron chi connectivity index (χ0n) is 12.5. The maximum atomic E-state index is 13.8. The van der Waals surface area contributed by atoms with Gasteiger partial charge in [-0.15, -0.1) is 0 Å². The van der Waals surface area contributed by atoms with Gasteiger partial charge in [-0.1, -0.05) is 0 Å². The van der Waals surface area contributed by atoms with Gasteiger partial charge in [-0.2, -0.15) is 0 Å². The van der Waals surface area contributed by atoms with E-state index in [9.17, 15) is 4.39 Å². The Morgan fingerprint density at radius 1 is 1.18 bits per heavy atom. The van der Waals surface area contributed by atoms with Crippen LogP contribution in [-0.2, 0) is 6.54 Å². The van der Waals surface area contributed by atoms with Crippen LogP contribution in [0.25, 0.3) is 0 Å². The molecule has 5 nitrogen and oxygen atoms in total. The summed E-state index contributed by atoms with van der Waals surface area (Å²) in [5.74, 6) is 1.57. The molecule has 22 heavy (non-hydrogen) atoms. The van der Waals surface area contributed by atoms with Crippen molar-refractivity contribution in [3.63, 3.8) is 0 Å². The molecule has 2 aromatic heterocycles. The van der Waals surface area contributed by atoms with E-state index in [1.807, 2.05) is 13.0 Å². The van der Waals surface area contributed by atoms with Crippen LogP contribution in [-0.4, -0.2) is 45.0 Å². The van der Waals surface area contributed by atoms with Gasteiger partial charge in [-0.25, -0.2) is 14.4 Å². The van der Waals surface area contributed by atoms with Crippen molar-refractivity contribution in [1.82, 2.24) is 19.9 Å². The molecular weight excluding hydrogens is 281 g/mol. The summed E-state index contributed by atoms with van der Waals surface area (Å²) in [5.41, 5.74) is 0.545. The largest absolute Gasteiger partial charge is 0.353 e. The number of pyridine rings is 1. The standard InChI is InChI=1S/C16H18FN5/c1-11-18-6-4-16(20-11)21-8-12-7-13(9-21)22(12)10-15-14(17)3-2-5-19-15/h2-6,12-13H,7-10H2,1H3. The Bertz CT molecular complexity index is 680. The number of aryl methyl sites for hydroxylation is 1. The van der Waals surface area contributed by atoms with Gasteiger partial charge >= 0.3 is 0 Å². The van der Waals surface area contributed by atoms with E-state index >= 15 is 0 Å². The Hall–Kier alpha value is -2.08. The van der Waals surface area contributed by atoms with Crippen molar-refractivity contribution in [1.29, 1.82) is 0 Å². The Balaban J connectivity index is 1.46. The predicted molar refractivity (Wildman–Crippen MR) is 80.9 cm³/mol. The molecule has 3 aliphatic heterocycles. The molecule has 0 amide bonds. The summed E-state index contributed by atoms with van der Waals surface area (Å²) in [5, 5.41) is 0. The van der Waals surface area contributed by atoms with Gasteiger partial charge in [-0.3, -0.25) is 9.88 Å². The van der Waals surface area contributed by atoms with Crippen LogP contribution in [0.5, 0.6) is 0 Å². The average molecular weight is 299 g/mol. The molecule has 6 heteroatoms. The number of fused-ring (bicyclic) bond motifs is 2. The van der Waals surface area contributed by atoms with E-state index in [4.69, 9.17) is 0 Å². The number of hydrogen-bond donors (Lipinski definition) is 0. The number of nitrogens with zero attached hydrogens (tertiary/aromatic N) is 5. The molecule has 3 aliphatic rings. The first-order chi connectivity index (χ1) is 10.7. The third-order valence-corrected chi connectivity index (χ3v) is 4.60. The first-order valence-electron chi connectivity index (χ1n) is 7.60. The van der Waals surface area contributed by atoms with Gasteiger partial charge in [0, 0.05) is 44.1 Å². The molecule has 0 spiro atoms. The van der Waals surface area contributed by atoms with E-state index < -0.39 is 0 Å². The SMILES string of the molecule is Cc1nccc(N2CC3CC(C2)N3Cc2ncccc2F)n1. The summed E-state index contributed by atoms with van der Waals surface area (Å²) in [7, 11) is 0. The molecule has 3 fully saturated rings. The normalized spacial score (nSPS) is 24.2. The van der Waals surface area contributed by atoms with E-state index in [0.717, 1.165) is 24.7 Å². The lowest BCUT2D eigenvalue weighted by atomic mass is 9.87. The zero-order chi connectivity index (χ0) is 15.1. The summed E-state index contributed by atoms with van der Waals surface area (Å²) in [4.78, 5) is 17.5. The molecule has 0 radical (unpaired) electrons. The lowest BCUT2D eigenvalue weighted by Crippen LogP contribution is -2.68. The predicted octanol–water partition coefficient (Wildman–Crippen LogP) is 1.78. The molecule has 114 valence electrons. The third-order valence-electron chi connectivity index (χ3n) is 4.60. The average Bonchev–Trinajstić information content (AvgIpc) is 2.54. The molecule has 0 saturated carbocycles. The smallest absolute Gasteiger partial charge is 0.146 e. The summed E-state index contributed by atoms with van der Waals surface area (Å²) in [6.45, 7) is 4.37. The summed E-state index contributed by atoms with van der Waals surface area (Å²) in [6, 6.07) is 5.98. The van der Waals surface area contributed by atoms with E-state index in [1.165, 1.54) is 12.5 Å². The molecule has 2 unspecified atom stereocenters. The van der Waals surface area contributed by atoms with Gasteiger partial charge in [0.2, 0.25) is 0 Å². The molecule has 2 bridgehead atoms. The Morgan fingerprint density at radius 2 is 2.00 bits per heavy atom. The second-order valence-electron chi connectivity index (χ2n) is 6.01. The lowest BCUT2D eigenvalue weighted by molar-refractivity contribution is -0.0105. The molecular formula is C16H18FN5. The second-order valence-corrected chi connectivity index (χ2v) is 6.01. The van der Waals surface area contributed by atoms with E-state index in [0.29, 0.717) is 24.3 Å². The Morgan fingerprint density at radius 3 is 2.73 bits per heavy atom. The molecule has 2 atom stereocenters. The molecule has 2 aromatic rings. The van der Waals surface area contributed by atoms with E-state index in [-0.39, 0.29) is 5.82 Å². The highest BCUT2D eigenvalue weighted by Crippen LogP contribution is 2.35. The quantitative estimate of drug-likeness (QED) is 0.864. The van der Waals surface area contributed by atoms with Crippen molar-refractivity contribution >= 4 is 5.82 Å². The summed E-state index contributed by atoms with van der Waals surface area (Å²) in [6.07, 6.45) is 4.64. The highest BCUT2D eigenvalue weighted by atomic mass is 19.1. The van der Waals surface area contributed by atoms with Crippen molar-refractivity contribution in [3.8, 4) is 0 Å². The number of aromatic nitrogens is 3. The van der Waals surface area contributed by atoms with Crippen LogP contribution in [0, 0.1) is 12.7 Å². The highest BCUT2D eigenvalue weighted by molar-refractivity contribution is 5.40. The van der Waals surface area contributed by atoms with Crippen molar-refractivity contribution in [2.45, 2.75) is 32.0 Å². The van der Waals surface area contributed by atoms with Crippen LogP contribution in [0.4, 0.5) is 10.2 Å². The number of hydrogen-bond acceptors (Lipinski definition) is 5. The van der Waals surface area contributed by atoms with Gasteiger partial charge in [0.05, 0.1) is 5.69 Å². The number of rotatable bonds is 3. The molecule has 0 aromatic carbocycles. The second kappa shape index (κ2) is 5.28. The Labute approximate surface area is 128 Å². The minimum Gasteiger partial charge on any atom is -0.353 e. The third kappa shape index (κ3) is 2.33. The van der Waals surface area contributed by atoms with Gasteiger partial charge in [0.25, 0.3) is 0 Å². The van der Waals surface area contributed by atoms with Crippen LogP contribution in [0.1, 0.15) is 17.9 Å². The van der Waals surface area contributed by atoms with Crippen LogP contribution < -0.4 is 4.90 Å². The van der Waals surface area contributed by atoms with Crippen molar-refractivity contribution < 1.29 is 4.39 Å². The van der Waals surface area contributed by atoms with Gasteiger partial charge in [0.15, 0.2) is 0 Å². The molecule has 0 aliphatic carbocycles. The number of piperidine rings is 1. The van der Waals surface area contributed by atoms with Crippen molar-refractivity contribution in [2.75, 3.05) is 18.0 Å². The molecule has 3 saturated heterocycles. The minimum atomic E-state index is -0.212. The molecule has 5 rings (SSSR count). The van der Waals surface area contributed by atoms with Gasteiger partial charge in [0.1, 0.15) is 17.5 Å². The topological polar surface area (TPSA) is 45.2 Å². The number of piperazine rings is 1. The molecule has 0 N–H and O–H groups in total. The fraction of sp³-hybridized carbons (Fsp3) is 0.438. The van der Waals surface area contributed by atoms with Crippen molar-refractivity contribution in [2.24, 2.45) is 0 Å². The molecule has 5 heterocycles. The monoisotopic (exact) mass is 299 g/mol. The van der Waals surface area contributed by atoms with E-state index in [2.05, 4.69) is 24.8 Å². The summed E-state index contributed by atoms with van der Waals surface area (Å²) < 4.78 is 13.8. The van der Waals surface area contributed by atoms with E-state index in [1.54, 1.807) is 18.5 Å². The van der Waals surface area contributed by atoms with Gasteiger partial charge < -0.3 is 4.90 Å². The Kier molecular flexibility index (Phi) is 3.26. The van der Waals surface area contributed by atoms with Crippen LogP contribution in [0.3, 0.4) is 0 Å². The van der Waals surface area contributed by atoms with Crippen LogP contribution in [0.2, 0.25) is 0 Å². The first-order valence-corrected chi connectivity index (χ1v) is 7.60. The number of halogens is 1. The fourth-order valence-corrected chi connectivity index (χ4v) is 3.46. The maximum absolute atomic E-state index is 13.8. The van der Waals surface area contributed by atoms with Gasteiger partial charge in [-0.05, 0) is 31.5 Å².